The highest BCUT2D eigenvalue weighted by Gasteiger charge is 1.94. The second kappa shape index (κ2) is 4.36. The van der Waals surface area contributed by atoms with Crippen LogP contribution in [0.25, 0.3) is 0 Å². The van der Waals surface area contributed by atoms with Gasteiger partial charge in [-0.3, -0.25) is 5.41 Å². The van der Waals surface area contributed by atoms with E-state index in [0.29, 0.717) is 5.84 Å². The number of hydrogen-bond acceptors (Lipinski definition) is 1. The lowest BCUT2D eigenvalue weighted by Gasteiger charge is -2.01. The number of rotatable bonds is 4. The van der Waals surface area contributed by atoms with Crippen molar-refractivity contribution in [3.05, 3.63) is 5.92 Å². The molecule has 1 radical (unpaired) electrons. The maximum atomic E-state index is 6.91. The average Bonchev–Trinajstić information content (AvgIpc) is 1.63. The highest BCUT2D eigenvalue weighted by molar-refractivity contribution is 5.76. The van der Waals surface area contributed by atoms with Gasteiger partial charge < -0.3 is 5.73 Å². The molecule has 2 nitrogen and oxygen atoms in total. The summed E-state index contributed by atoms with van der Waals surface area (Å²) in [7, 11) is 0. The maximum absolute atomic E-state index is 6.91. The third-order valence-electron chi connectivity index (χ3n) is 1.12. The topological polar surface area (TPSA) is 49.9 Å². The van der Waals surface area contributed by atoms with Crippen LogP contribution in [0.4, 0.5) is 0 Å². The molecule has 0 heterocycles. The minimum absolute atomic E-state index is 0.302. The molecule has 0 unspecified atom stereocenters. The summed E-state index contributed by atoms with van der Waals surface area (Å²) >= 11 is 0. The largest absolute Gasteiger partial charge is 0.388 e. The number of amidine groups is 1. The zero-order chi connectivity index (χ0) is 7.28. The monoisotopic (exact) mass is 127 g/mol. The molecule has 0 aliphatic carbocycles. The van der Waals surface area contributed by atoms with Gasteiger partial charge >= 0.3 is 0 Å². The smallest absolute Gasteiger partial charge is 0.0905 e. The first-order valence-electron chi connectivity index (χ1n) is 3.25. The Kier molecular flexibility index (Phi) is 4.10. The Labute approximate surface area is 57.0 Å². The number of nitrogens with two attached hydrogens (primary N) is 1. The molecule has 0 saturated carbocycles. The van der Waals surface area contributed by atoms with Gasteiger partial charge in [-0.2, -0.15) is 0 Å². The van der Waals surface area contributed by atoms with Crippen molar-refractivity contribution in [3.8, 4) is 0 Å². The first kappa shape index (κ1) is 8.47. The number of nitrogens with one attached hydrogen (secondary N) is 1. The highest BCUT2D eigenvalue weighted by atomic mass is 14.7. The van der Waals surface area contributed by atoms with Crippen LogP contribution in [0, 0.1) is 11.3 Å². The summed E-state index contributed by atoms with van der Waals surface area (Å²) in [6.45, 7) is 4.19. The second-order valence-electron chi connectivity index (χ2n) is 2.59. The zero-order valence-corrected chi connectivity index (χ0v) is 6.20. The summed E-state index contributed by atoms with van der Waals surface area (Å²) in [6.07, 6.45) is 2.86. The third-order valence-corrected chi connectivity index (χ3v) is 1.12. The first-order valence-corrected chi connectivity index (χ1v) is 3.25. The van der Waals surface area contributed by atoms with Crippen molar-refractivity contribution in [1.82, 2.24) is 0 Å². The van der Waals surface area contributed by atoms with E-state index in [4.69, 9.17) is 11.1 Å². The van der Waals surface area contributed by atoms with Crippen molar-refractivity contribution in [2.45, 2.75) is 33.1 Å². The third kappa shape index (κ3) is 7.47. The lowest BCUT2D eigenvalue weighted by molar-refractivity contribution is 0.770. The van der Waals surface area contributed by atoms with E-state index in [1.165, 1.54) is 5.92 Å². The summed E-state index contributed by atoms with van der Waals surface area (Å²) < 4.78 is 0. The van der Waals surface area contributed by atoms with Gasteiger partial charge in [0.25, 0.3) is 0 Å². The van der Waals surface area contributed by atoms with Gasteiger partial charge in [0.2, 0.25) is 0 Å². The lowest BCUT2D eigenvalue weighted by Crippen LogP contribution is -2.08. The van der Waals surface area contributed by atoms with Gasteiger partial charge in [0.05, 0.1) is 5.84 Å². The van der Waals surface area contributed by atoms with Crippen molar-refractivity contribution >= 4 is 5.84 Å². The van der Waals surface area contributed by atoms with Gasteiger partial charge in [-0.05, 0) is 18.8 Å². The molecule has 0 atom stereocenters. The molecule has 0 aliphatic rings. The fourth-order valence-corrected chi connectivity index (χ4v) is 0.632. The molecule has 0 saturated heterocycles. The molecule has 0 amide bonds. The first-order chi connectivity index (χ1) is 4.13. The Morgan fingerprint density at radius 2 is 1.89 bits per heavy atom. The van der Waals surface area contributed by atoms with E-state index in [2.05, 4.69) is 13.8 Å². The normalized spacial score (nSPS) is 10.1. The van der Waals surface area contributed by atoms with Crippen LogP contribution in [0.1, 0.15) is 33.1 Å². The van der Waals surface area contributed by atoms with Crippen LogP contribution < -0.4 is 5.73 Å². The molecule has 9 heavy (non-hydrogen) atoms. The quantitative estimate of drug-likeness (QED) is 0.438. The Morgan fingerprint density at radius 1 is 1.33 bits per heavy atom. The fourth-order valence-electron chi connectivity index (χ4n) is 0.632. The van der Waals surface area contributed by atoms with Gasteiger partial charge in [-0.25, -0.2) is 0 Å². The van der Waals surface area contributed by atoms with E-state index in [9.17, 15) is 0 Å². The molecule has 0 fully saturated rings. The van der Waals surface area contributed by atoms with E-state index in [0.717, 1.165) is 19.3 Å². The van der Waals surface area contributed by atoms with Crippen LogP contribution in [0.3, 0.4) is 0 Å². The summed E-state index contributed by atoms with van der Waals surface area (Å²) in [5.41, 5.74) is 5.15. The van der Waals surface area contributed by atoms with Crippen LogP contribution in [-0.4, -0.2) is 5.84 Å². The van der Waals surface area contributed by atoms with Gasteiger partial charge in [-0.1, -0.05) is 13.8 Å². The minimum atomic E-state index is 0.302. The zero-order valence-electron chi connectivity index (χ0n) is 6.20. The molecular formula is C7H15N2. The predicted octanol–water partition coefficient (Wildman–Crippen LogP) is 1.71. The molecule has 0 bridgehead atoms. The van der Waals surface area contributed by atoms with E-state index < -0.39 is 0 Å². The molecule has 53 valence electrons. The van der Waals surface area contributed by atoms with Crippen molar-refractivity contribution < 1.29 is 0 Å². The standard InChI is InChI=1S/C7H15N2/c1-6(2)4-3-5-7(8)9/h3-5H2,1-2H3,(H3,8,9). The summed E-state index contributed by atoms with van der Waals surface area (Å²) in [4.78, 5) is 0. The van der Waals surface area contributed by atoms with Crippen LogP contribution in [0.15, 0.2) is 0 Å². The van der Waals surface area contributed by atoms with E-state index in [1.54, 1.807) is 0 Å². The molecule has 0 aromatic carbocycles. The molecule has 0 spiro atoms. The lowest BCUT2D eigenvalue weighted by atomic mass is 10.1. The van der Waals surface area contributed by atoms with Gasteiger partial charge in [0.1, 0.15) is 0 Å². The van der Waals surface area contributed by atoms with Crippen LogP contribution in [-0.2, 0) is 0 Å². The second-order valence-corrected chi connectivity index (χ2v) is 2.59. The predicted molar refractivity (Wildman–Crippen MR) is 40.4 cm³/mol. The SMILES string of the molecule is C[C](C)CCCC(=N)N. The minimum Gasteiger partial charge on any atom is -0.388 e. The molecule has 3 N–H and O–H groups in total. The molecular weight excluding hydrogens is 112 g/mol. The van der Waals surface area contributed by atoms with Gasteiger partial charge in [0, 0.05) is 6.42 Å². The van der Waals surface area contributed by atoms with Crippen molar-refractivity contribution in [1.29, 1.82) is 5.41 Å². The summed E-state index contributed by atoms with van der Waals surface area (Å²) in [6, 6.07) is 0. The van der Waals surface area contributed by atoms with Crippen molar-refractivity contribution in [3.63, 3.8) is 0 Å². The van der Waals surface area contributed by atoms with Gasteiger partial charge in [-0.15, -0.1) is 0 Å². The van der Waals surface area contributed by atoms with Crippen LogP contribution in [0.5, 0.6) is 0 Å². The Bertz CT molecular complexity index is 86.9. The summed E-state index contributed by atoms with van der Waals surface area (Å²) in [5.74, 6) is 1.72. The molecule has 0 aliphatic heterocycles. The van der Waals surface area contributed by atoms with Crippen molar-refractivity contribution in [2.75, 3.05) is 0 Å². The summed E-state index contributed by atoms with van der Waals surface area (Å²) in [5, 5.41) is 6.91. The van der Waals surface area contributed by atoms with E-state index >= 15 is 0 Å². The molecule has 0 rings (SSSR count). The highest BCUT2D eigenvalue weighted by Crippen LogP contribution is 2.07. The molecule has 0 aromatic rings. The van der Waals surface area contributed by atoms with Gasteiger partial charge in [0.15, 0.2) is 0 Å². The number of hydrogen-bond donors (Lipinski definition) is 2. The fraction of sp³-hybridized carbons (Fsp3) is 0.714. The van der Waals surface area contributed by atoms with E-state index in [1.807, 2.05) is 0 Å². The molecule has 0 aromatic heterocycles. The molecule has 2 heteroatoms. The van der Waals surface area contributed by atoms with Crippen LogP contribution >= 0.6 is 0 Å². The van der Waals surface area contributed by atoms with Crippen LogP contribution in [0.2, 0.25) is 0 Å². The Morgan fingerprint density at radius 3 is 2.22 bits per heavy atom. The average molecular weight is 127 g/mol. The Balaban J connectivity index is 3.01. The Hall–Kier alpha value is -0.530. The van der Waals surface area contributed by atoms with Crippen molar-refractivity contribution in [2.24, 2.45) is 5.73 Å². The maximum Gasteiger partial charge on any atom is 0.0905 e. The van der Waals surface area contributed by atoms with E-state index in [-0.39, 0.29) is 0 Å².